The van der Waals surface area contributed by atoms with Crippen molar-refractivity contribution >= 4 is 16.9 Å². The van der Waals surface area contributed by atoms with Gasteiger partial charge in [0.2, 0.25) is 5.91 Å². The molecule has 0 bridgehead atoms. The van der Waals surface area contributed by atoms with Crippen LogP contribution < -0.4 is 5.32 Å². The molecule has 0 atom stereocenters. The molecule has 8 nitrogen and oxygen atoms in total. The molecule has 8 heteroatoms. The predicted octanol–water partition coefficient (Wildman–Crippen LogP) is 2.87. The first-order valence-electron chi connectivity index (χ1n) is 8.86. The third kappa shape index (κ3) is 3.10. The second kappa shape index (κ2) is 6.39. The van der Waals surface area contributed by atoms with Crippen molar-refractivity contribution in [3.8, 4) is 11.7 Å². The standard InChI is InChI=1S/C19H17N5O3/c25-17(20-10-16-22-19(27-23-16)15-6-3-9-26-15)11-24-14-5-2-1-4-13(14)21-18(24)12-7-8-12/h1-6,9,12H,7-8,10-11H2,(H,20,25). The zero-order valence-electron chi connectivity index (χ0n) is 14.5. The number of nitrogens with one attached hydrogen (secondary N) is 1. The molecule has 0 radical (unpaired) electrons. The summed E-state index contributed by atoms with van der Waals surface area (Å²) in [4.78, 5) is 21.4. The maximum Gasteiger partial charge on any atom is 0.293 e. The van der Waals surface area contributed by atoms with Gasteiger partial charge in [0.15, 0.2) is 11.6 Å². The van der Waals surface area contributed by atoms with Gasteiger partial charge in [-0.2, -0.15) is 4.98 Å². The van der Waals surface area contributed by atoms with Crippen LogP contribution in [-0.2, 0) is 17.9 Å². The zero-order chi connectivity index (χ0) is 18.2. The van der Waals surface area contributed by atoms with Gasteiger partial charge in [-0.05, 0) is 37.1 Å². The van der Waals surface area contributed by atoms with Crippen LogP contribution in [0.3, 0.4) is 0 Å². The highest BCUT2D eigenvalue weighted by Crippen LogP contribution is 2.40. The minimum Gasteiger partial charge on any atom is -0.459 e. The lowest BCUT2D eigenvalue weighted by atomic mass is 10.3. The van der Waals surface area contributed by atoms with Gasteiger partial charge in [-0.25, -0.2) is 4.98 Å². The maximum absolute atomic E-state index is 12.5. The Morgan fingerprint density at radius 1 is 1.19 bits per heavy atom. The molecule has 0 aliphatic heterocycles. The number of furan rings is 1. The van der Waals surface area contributed by atoms with E-state index in [1.54, 1.807) is 12.1 Å². The van der Waals surface area contributed by atoms with E-state index in [0.717, 1.165) is 29.7 Å². The Morgan fingerprint density at radius 3 is 2.89 bits per heavy atom. The molecule has 136 valence electrons. The largest absolute Gasteiger partial charge is 0.459 e. The van der Waals surface area contributed by atoms with Gasteiger partial charge >= 0.3 is 0 Å². The van der Waals surface area contributed by atoms with E-state index in [4.69, 9.17) is 13.9 Å². The molecule has 0 unspecified atom stereocenters. The fraction of sp³-hybridized carbons (Fsp3) is 0.263. The van der Waals surface area contributed by atoms with E-state index in [1.165, 1.54) is 6.26 Å². The van der Waals surface area contributed by atoms with Crippen molar-refractivity contribution in [3.63, 3.8) is 0 Å². The fourth-order valence-electron chi connectivity index (χ4n) is 3.12. The average molecular weight is 363 g/mol. The van der Waals surface area contributed by atoms with Crippen LogP contribution in [0, 0.1) is 0 Å². The van der Waals surface area contributed by atoms with E-state index < -0.39 is 0 Å². The molecular formula is C19H17N5O3. The zero-order valence-corrected chi connectivity index (χ0v) is 14.5. The lowest BCUT2D eigenvalue weighted by Crippen LogP contribution is -2.28. The number of fused-ring (bicyclic) bond motifs is 1. The molecule has 4 aromatic rings. The first-order valence-corrected chi connectivity index (χ1v) is 8.86. The van der Waals surface area contributed by atoms with Gasteiger partial charge in [-0.15, -0.1) is 0 Å². The highest BCUT2D eigenvalue weighted by Gasteiger charge is 2.30. The summed E-state index contributed by atoms with van der Waals surface area (Å²) >= 11 is 0. The monoisotopic (exact) mass is 363 g/mol. The summed E-state index contributed by atoms with van der Waals surface area (Å²) in [5.41, 5.74) is 1.91. The smallest absolute Gasteiger partial charge is 0.293 e. The summed E-state index contributed by atoms with van der Waals surface area (Å²) < 4.78 is 12.4. The molecule has 1 aliphatic rings. The van der Waals surface area contributed by atoms with Crippen molar-refractivity contribution in [3.05, 3.63) is 54.3 Å². The van der Waals surface area contributed by atoms with Crippen LogP contribution in [0.4, 0.5) is 0 Å². The fourth-order valence-corrected chi connectivity index (χ4v) is 3.12. The van der Waals surface area contributed by atoms with Gasteiger partial charge in [-0.3, -0.25) is 4.79 Å². The number of carbonyl (C=O) groups is 1. The van der Waals surface area contributed by atoms with Crippen molar-refractivity contribution in [1.82, 2.24) is 25.0 Å². The first-order chi connectivity index (χ1) is 13.3. The van der Waals surface area contributed by atoms with Crippen molar-refractivity contribution in [1.29, 1.82) is 0 Å². The van der Waals surface area contributed by atoms with Gasteiger partial charge in [0, 0.05) is 5.92 Å². The number of aromatic nitrogens is 4. The third-order valence-electron chi connectivity index (χ3n) is 4.57. The van der Waals surface area contributed by atoms with Crippen molar-refractivity contribution < 1.29 is 13.7 Å². The number of rotatable bonds is 6. The van der Waals surface area contributed by atoms with Gasteiger partial charge in [0.1, 0.15) is 12.4 Å². The van der Waals surface area contributed by atoms with Gasteiger partial charge in [0.25, 0.3) is 5.89 Å². The highest BCUT2D eigenvalue weighted by atomic mass is 16.5. The second-order valence-electron chi connectivity index (χ2n) is 6.59. The van der Waals surface area contributed by atoms with Crippen molar-refractivity contribution in [2.45, 2.75) is 31.8 Å². The molecule has 1 N–H and O–H groups in total. The summed E-state index contributed by atoms with van der Waals surface area (Å²) in [6.07, 6.45) is 3.79. The summed E-state index contributed by atoms with van der Waals surface area (Å²) in [6, 6.07) is 11.4. The molecule has 3 aromatic heterocycles. The minimum absolute atomic E-state index is 0.121. The van der Waals surface area contributed by atoms with Crippen LogP contribution in [0.25, 0.3) is 22.7 Å². The van der Waals surface area contributed by atoms with Crippen molar-refractivity contribution in [2.75, 3.05) is 0 Å². The van der Waals surface area contributed by atoms with Gasteiger partial charge < -0.3 is 18.8 Å². The van der Waals surface area contributed by atoms with E-state index >= 15 is 0 Å². The normalized spacial score (nSPS) is 13.9. The molecule has 3 heterocycles. The number of benzene rings is 1. The average Bonchev–Trinajstić information content (AvgIpc) is 3.10. The molecule has 27 heavy (non-hydrogen) atoms. The molecule has 1 aromatic carbocycles. The molecule has 1 amide bonds. The van der Waals surface area contributed by atoms with Crippen LogP contribution >= 0.6 is 0 Å². The molecule has 0 spiro atoms. The molecule has 1 saturated carbocycles. The summed E-state index contributed by atoms with van der Waals surface area (Å²) in [7, 11) is 0. The SMILES string of the molecule is O=C(Cn1c(C2CC2)nc2ccccc21)NCc1noc(-c2ccco2)n1. The Morgan fingerprint density at radius 2 is 2.07 bits per heavy atom. The Balaban J connectivity index is 1.29. The Kier molecular flexibility index (Phi) is 3.74. The number of amides is 1. The lowest BCUT2D eigenvalue weighted by Gasteiger charge is -2.08. The summed E-state index contributed by atoms with van der Waals surface area (Å²) in [5, 5.41) is 6.71. The number of nitrogens with zero attached hydrogens (tertiary/aromatic N) is 4. The Bertz CT molecular complexity index is 1090. The molecular weight excluding hydrogens is 346 g/mol. The molecule has 1 aliphatic carbocycles. The third-order valence-corrected chi connectivity index (χ3v) is 4.57. The number of para-hydroxylation sites is 2. The number of imidazole rings is 1. The minimum atomic E-state index is -0.121. The van der Waals surface area contributed by atoms with Crippen LogP contribution in [0.2, 0.25) is 0 Å². The Labute approximate surface area is 154 Å². The van der Waals surface area contributed by atoms with E-state index in [-0.39, 0.29) is 19.0 Å². The van der Waals surface area contributed by atoms with E-state index in [0.29, 0.717) is 23.4 Å². The molecule has 1 fully saturated rings. The highest BCUT2D eigenvalue weighted by molar-refractivity contribution is 5.81. The van der Waals surface area contributed by atoms with Gasteiger partial charge in [-0.1, -0.05) is 17.3 Å². The topological polar surface area (TPSA) is 99.0 Å². The Hall–Kier alpha value is -3.42. The van der Waals surface area contributed by atoms with E-state index in [1.807, 2.05) is 28.8 Å². The quantitative estimate of drug-likeness (QED) is 0.565. The molecule has 5 rings (SSSR count). The number of hydrogen-bond donors (Lipinski definition) is 1. The lowest BCUT2D eigenvalue weighted by molar-refractivity contribution is -0.121. The summed E-state index contributed by atoms with van der Waals surface area (Å²) in [5.74, 6) is 2.52. The predicted molar refractivity (Wildman–Crippen MR) is 95.6 cm³/mol. The number of carbonyl (C=O) groups excluding carboxylic acids is 1. The second-order valence-corrected chi connectivity index (χ2v) is 6.59. The van der Waals surface area contributed by atoms with Crippen LogP contribution in [0.15, 0.2) is 51.6 Å². The van der Waals surface area contributed by atoms with Crippen LogP contribution in [0.5, 0.6) is 0 Å². The van der Waals surface area contributed by atoms with E-state index in [2.05, 4.69) is 15.5 Å². The van der Waals surface area contributed by atoms with Crippen molar-refractivity contribution in [2.24, 2.45) is 0 Å². The van der Waals surface area contributed by atoms with E-state index in [9.17, 15) is 4.79 Å². The van der Waals surface area contributed by atoms with Gasteiger partial charge in [0.05, 0.1) is 23.8 Å². The van der Waals surface area contributed by atoms with Crippen LogP contribution in [0.1, 0.15) is 30.4 Å². The maximum atomic E-state index is 12.5. The van der Waals surface area contributed by atoms with Crippen LogP contribution in [-0.4, -0.2) is 25.6 Å². The first kappa shape index (κ1) is 15.8. The number of hydrogen-bond acceptors (Lipinski definition) is 6. The molecule has 0 saturated heterocycles. The summed E-state index contributed by atoms with van der Waals surface area (Å²) in [6.45, 7) is 0.406.